The van der Waals surface area contributed by atoms with Crippen LogP contribution in [0, 0.1) is 0 Å². The zero-order valence-electron chi connectivity index (χ0n) is 18.8. The van der Waals surface area contributed by atoms with Crippen LogP contribution in [-0.4, -0.2) is 37.9 Å². The number of thiophene rings is 1. The van der Waals surface area contributed by atoms with Gasteiger partial charge >= 0.3 is 0 Å². The fourth-order valence-electron chi connectivity index (χ4n) is 4.07. The van der Waals surface area contributed by atoms with E-state index in [4.69, 9.17) is 11.6 Å². The number of hydrogen-bond donors (Lipinski definition) is 1. The summed E-state index contributed by atoms with van der Waals surface area (Å²) < 4.78 is 1.07. The summed E-state index contributed by atoms with van der Waals surface area (Å²) in [6.07, 6.45) is 0. The molecular formula is C26H21ClN4O3S. The molecule has 2 aromatic heterocycles. The van der Waals surface area contributed by atoms with Crippen LogP contribution in [0.25, 0.3) is 10.6 Å². The number of amides is 2. The van der Waals surface area contributed by atoms with Crippen molar-refractivity contribution in [2.75, 3.05) is 0 Å². The van der Waals surface area contributed by atoms with Crippen molar-refractivity contribution in [3.8, 4) is 10.6 Å². The van der Waals surface area contributed by atoms with Crippen LogP contribution < -0.4 is 5.32 Å². The third kappa shape index (κ3) is 4.15. The molecule has 0 radical (unpaired) electrons. The van der Waals surface area contributed by atoms with Gasteiger partial charge in [-0.15, -0.1) is 11.3 Å². The van der Waals surface area contributed by atoms with Gasteiger partial charge in [-0.3, -0.25) is 14.4 Å². The van der Waals surface area contributed by atoms with Crippen molar-refractivity contribution in [1.29, 1.82) is 0 Å². The van der Waals surface area contributed by atoms with E-state index in [1.165, 1.54) is 23.2 Å². The molecule has 1 atom stereocenters. The Hall–Kier alpha value is -3.75. The van der Waals surface area contributed by atoms with E-state index in [2.05, 4.69) is 10.4 Å². The molecule has 0 fully saturated rings. The molecule has 3 heterocycles. The SMILES string of the molecule is C[C@@]1(C(=O)NCc2ccccc2)C(=O)n2nc(-c3cccs3)cc2C(=O)N1Cc1ccc(Cl)cc1. The molecule has 1 aliphatic rings. The highest BCUT2D eigenvalue weighted by Crippen LogP contribution is 2.32. The van der Waals surface area contributed by atoms with Gasteiger partial charge < -0.3 is 10.2 Å². The highest BCUT2D eigenvalue weighted by atomic mass is 35.5. The van der Waals surface area contributed by atoms with Crippen molar-refractivity contribution < 1.29 is 14.4 Å². The molecule has 0 bridgehead atoms. The third-order valence-corrected chi connectivity index (χ3v) is 7.23. The minimum absolute atomic E-state index is 0.0521. The molecule has 1 N–H and O–H groups in total. The van der Waals surface area contributed by atoms with Gasteiger partial charge in [-0.25, -0.2) is 0 Å². The van der Waals surface area contributed by atoms with E-state index >= 15 is 0 Å². The van der Waals surface area contributed by atoms with E-state index in [9.17, 15) is 14.4 Å². The summed E-state index contributed by atoms with van der Waals surface area (Å²) in [5, 5.41) is 9.69. The summed E-state index contributed by atoms with van der Waals surface area (Å²) in [4.78, 5) is 43.2. The fraction of sp³-hybridized carbons (Fsp3) is 0.154. The van der Waals surface area contributed by atoms with Gasteiger partial charge in [0.25, 0.3) is 17.7 Å². The first-order valence-corrected chi connectivity index (χ1v) is 12.2. The van der Waals surface area contributed by atoms with Crippen molar-refractivity contribution in [2.45, 2.75) is 25.6 Å². The number of aromatic nitrogens is 2. The van der Waals surface area contributed by atoms with Gasteiger partial charge in [-0.05, 0) is 47.7 Å². The van der Waals surface area contributed by atoms with Gasteiger partial charge in [-0.2, -0.15) is 9.78 Å². The Kier molecular flexibility index (Phi) is 6.00. The Balaban J connectivity index is 1.54. The lowest BCUT2D eigenvalue weighted by Crippen LogP contribution is -2.67. The van der Waals surface area contributed by atoms with Gasteiger partial charge in [-0.1, -0.05) is 60.1 Å². The van der Waals surface area contributed by atoms with Crippen LogP contribution in [0.5, 0.6) is 0 Å². The molecule has 2 aromatic carbocycles. The summed E-state index contributed by atoms with van der Waals surface area (Å²) in [7, 11) is 0. The second-order valence-electron chi connectivity index (χ2n) is 8.37. The number of hydrogen-bond acceptors (Lipinski definition) is 5. The fourth-order valence-corrected chi connectivity index (χ4v) is 4.88. The van der Waals surface area contributed by atoms with Crippen molar-refractivity contribution >= 4 is 40.7 Å². The standard InChI is InChI=1S/C26H21ClN4O3S/c1-26(24(33)28-15-17-6-3-2-4-7-17)25(34)31-21(14-20(29-31)22-8-5-13-35-22)23(32)30(26)16-18-9-11-19(27)12-10-18/h2-14H,15-16H2,1H3,(H,28,33)/t26-/m1/s1. The lowest BCUT2D eigenvalue weighted by Gasteiger charge is -2.41. The monoisotopic (exact) mass is 504 g/mol. The van der Waals surface area contributed by atoms with Crippen molar-refractivity contribution in [3.05, 3.63) is 100 Å². The Morgan fingerprint density at radius 1 is 1.03 bits per heavy atom. The largest absolute Gasteiger partial charge is 0.350 e. The molecule has 7 nitrogen and oxygen atoms in total. The predicted molar refractivity (Wildman–Crippen MR) is 134 cm³/mol. The summed E-state index contributed by atoms with van der Waals surface area (Å²) >= 11 is 7.48. The lowest BCUT2D eigenvalue weighted by molar-refractivity contribution is -0.129. The number of carbonyl (C=O) groups is 3. The number of benzene rings is 2. The highest BCUT2D eigenvalue weighted by molar-refractivity contribution is 7.13. The number of halogens is 1. The Morgan fingerprint density at radius 2 is 1.77 bits per heavy atom. The smallest absolute Gasteiger partial charge is 0.283 e. The van der Waals surface area contributed by atoms with Crippen molar-refractivity contribution in [1.82, 2.24) is 20.0 Å². The van der Waals surface area contributed by atoms with E-state index in [-0.39, 0.29) is 18.8 Å². The van der Waals surface area contributed by atoms with Crippen LogP contribution in [0.3, 0.4) is 0 Å². The molecule has 0 saturated carbocycles. The zero-order chi connectivity index (χ0) is 24.6. The average Bonchev–Trinajstić information content (AvgIpc) is 3.56. The first-order chi connectivity index (χ1) is 16.9. The quantitative estimate of drug-likeness (QED) is 0.388. The molecule has 4 aromatic rings. The molecule has 2 amide bonds. The highest BCUT2D eigenvalue weighted by Gasteiger charge is 2.54. The topological polar surface area (TPSA) is 84.3 Å². The number of rotatable bonds is 6. The van der Waals surface area contributed by atoms with E-state index in [1.807, 2.05) is 47.8 Å². The molecule has 9 heteroatoms. The minimum atomic E-state index is -1.81. The first-order valence-electron chi connectivity index (χ1n) is 11.0. The third-order valence-electron chi connectivity index (χ3n) is 6.09. The summed E-state index contributed by atoms with van der Waals surface area (Å²) in [5.74, 6) is -1.62. The molecule has 0 saturated heterocycles. The van der Waals surface area contributed by atoms with E-state index in [0.717, 1.165) is 20.7 Å². The average molecular weight is 505 g/mol. The molecule has 0 aliphatic carbocycles. The van der Waals surface area contributed by atoms with Crippen LogP contribution in [-0.2, 0) is 17.9 Å². The van der Waals surface area contributed by atoms with Crippen LogP contribution in [0.15, 0.2) is 78.2 Å². The predicted octanol–water partition coefficient (Wildman–Crippen LogP) is 4.64. The number of fused-ring (bicyclic) bond motifs is 1. The van der Waals surface area contributed by atoms with Crippen molar-refractivity contribution in [3.63, 3.8) is 0 Å². The van der Waals surface area contributed by atoms with Gasteiger partial charge in [0.1, 0.15) is 11.4 Å². The van der Waals surface area contributed by atoms with Crippen LogP contribution in [0.2, 0.25) is 5.02 Å². The van der Waals surface area contributed by atoms with E-state index in [1.54, 1.807) is 30.3 Å². The molecule has 0 spiro atoms. The Bertz CT molecular complexity index is 1400. The Morgan fingerprint density at radius 3 is 2.46 bits per heavy atom. The molecule has 1 aliphatic heterocycles. The molecular weight excluding hydrogens is 484 g/mol. The molecule has 35 heavy (non-hydrogen) atoms. The second kappa shape index (κ2) is 9.13. The van der Waals surface area contributed by atoms with Gasteiger partial charge in [0.05, 0.1) is 4.88 Å². The van der Waals surface area contributed by atoms with Crippen LogP contribution in [0.1, 0.15) is 33.3 Å². The van der Waals surface area contributed by atoms with Gasteiger partial charge in [0, 0.05) is 18.1 Å². The van der Waals surface area contributed by atoms with Gasteiger partial charge in [0.2, 0.25) is 5.54 Å². The normalized spacial score (nSPS) is 17.4. The molecule has 0 unspecified atom stereocenters. The minimum Gasteiger partial charge on any atom is -0.350 e. The molecule has 5 rings (SSSR count). The first kappa shape index (κ1) is 23.0. The summed E-state index contributed by atoms with van der Waals surface area (Å²) in [6.45, 7) is 1.74. The summed E-state index contributed by atoms with van der Waals surface area (Å²) in [6, 6.07) is 21.7. The lowest BCUT2D eigenvalue weighted by atomic mass is 9.93. The maximum absolute atomic E-state index is 13.8. The maximum atomic E-state index is 13.8. The van der Waals surface area contributed by atoms with Crippen LogP contribution >= 0.6 is 22.9 Å². The zero-order valence-corrected chi connectivity index (χ0v) is 20.3. The molecule has 176 valence electrons. The number of nitrogens with zero attached hydrogens (tertiary/aromatic N) is 3. The van der Waals surface area contributed by atoms with E-state index in [0.29, 0.717) is 10.7 Å². The second-order valence-corrected chi connectivity index (χ2v) is 9.75. The number of carbonyl (C=O) groups excluding carboxylic acids is 3. The van der Waals surface area contributed by atoms with Crippen LogP contribution in [0.4, 0.5) is 0 Å². The van der Waals surface area contributed by atoms with E-state index < -0.39 is 23.3 Å². The number of nitrogens with one attached hydrogen (secondary N) is 1. The Labute approximate surface area is 210 Å². The maximum Gasteiger partial charge on any atom is 0.283 e. The van der Waals surface area contributed by atoms with Crippen molar-refractivity contribution in [2.24, 2.45) is 0 Å². The summed E-state index contributed by atoms with van der Waals surface area (Å²) in [5.41, 5.74) is 0.446. The van der Waals surface area contributed by atoms with Gasteiger partial charge in [0.15, 0.2) is 0 Å².